The zero-order chi connectivity index (χ0) is 39.5. The molecule has 2 saturated heterocycles. The maximum Gasteiger partial charge on any atom is 0.509 e. The van der Waals surface area contributed by atoms with Gasteiger partial charge in [0.25, 0.3) is 5.56 Å². The van der Waals surface area contributed by atoms with E-state index in [1.165, 1.54) is 11.8 Å². The van der Waals surface area contributed by atoms with Crippen LogP contribution in [0.25, 0.3) is 0 Å². The summed E-state index contributed by atoms with van der Waals surface area (Å²) >= 11 is 0. The summed E-state index contributed by atoms with van der Waals surface area (Å²) in [5.74, 6) is -0.644. The number of carbonyl (C=O) groups is 3. The van der Waals surface area contributed by atoms with Crippen molar-refractivity contribution in [3.05, 3.63) is 141 Å². The first kappa shape index (κ1) is 40.1. The van der Waals surface area contributed by atoms with E-state index in [-0.39, 0.29) is 26.4 Å². The quantitative estimate of drug-likeness (QED) is 0.0972. The summed E-state index contributed by atoms with van der Waals surface area (Å²) in [6, 6.07) is 26.4. The summed E-state index contributed by atoms with van der Waals surface area (Å²) in [6.45, 7) is -1.05. The molecule has 0 spiro atoms. The first-order chi connectivity index (χ1) is 27.1. The van der Waals surface area contributed by atoms with Gasteiger partial charge >= 0.3 is 31.7 Å². The van der Waals surface area contributed by atoms with Crippen LogP contribution in [0.4, 0.5) is 9.59 Å². The van der Waals surface area contributed by atoms with Crippen molar-refractivity contribution in [2.24, 2.45) is 0 Å². The Hall–Kier alpha value is -5.58. The lowest BCUT2D eigenvalue weighted by Crippen LogP contribution is -2.43. The van der Waals surface area contributed by atoms with E-state index in [4.69, 9.17) is 37.5 Å². The fourth-order valence-electron chi connectivity index (χ4n) is 6.19. The number of H-pyrrole nitrogens is 1. The van der Waals surface area contributed by atoms with E-state index in [2.05, 4.69) is 4.98 Å². The summed E-state index contributed by atoms with van der Waals surface area (Å²) in [5.41, 5.74) is 0.274. The van der Waals surface area contributed by atoms with Gasteiger partial charge in [0.15, 0.2) is 18.4 Å². The van der Waals surface area contributed by atoms with Crippen LogP contribution < -0.4 is 11.2 Å². The van der Waals surface area contributed by atoms with Gasteiger partial charge in [-0.05, 0) is 29.5 Å². The lowest BCUT2D eigenvalue weighted by molar-refractivity contribution is -0.144. The summed E-state index contributed by atoms with van der Waals surface area (Å²) < 4.78 is 62.3. The highest BCUT2D eigenvalue weighted by molar-refractivity contribution is 7.51. The number of ether oxygens (including phenoxy) is 6. The van der Waals surface area contributed by atoms with E-state index in [1.54, 1.807) is 91.0 Å². The summed E-state index contributed by atoms with van der Waals surface area (Å²) in [6.07, 6.45) is -6.74. The van der Waals surface area contributed by atoms with Crippen molar-refractivity contribution in [2.75, 3.05) is 20.3 Å². The first-order valence-corrected chi connectivity index (χ1v) is 19.1. The van der Waals surface area contributed by atoms with Crippen LogP contribution in [0.5, 0.6) is 0 Å². The second kappa shape index (κ2) is 18.8. The first-order valence-electron chi connectivity index (χ1n) is 17.6. The molecule has 18 heteroatoms. The molecule has 6 atom stereocenters. The number of hydrogen-bond donors (Lipinski definition) is 1. The molecule has 6 rings (SSSR count). The van der Waals surface area contributed by atoms with Crippen molar-refractivity contribution in [3.63, 3.8) is 0 Å². The van der Waals surface area contributed by atoms with Gasteiger partial charge in [-0.2, -0.15) is 4.67 Å². The molecule has 0 saturated carbocycles. The van der Waals surface area contributed by atoms with Crippen molar-refractivity contribution in [1.29, 1.82) is 0 Å². The lowest BCUT2D eigenvalue weighted by Gasteiger charge is -2.31. The molecule has 3 unspecified atom stereocenters. The summed E-state index contributed by atoms with van der Waals surface area (Å²) in [5, 5.41) is 0. The molecule has 3 aromatic carbocycles. The zero-order valence-electron chi connectivity index (χ0n) is 30.2. The Balaban J connectivity index is 1.31. The summed E-state index contributed by atoms with van der Waals surface area (Å²) in [7, 11) is -3.18. The molecule has 3 heterocycles. The Morgan fingerprint density at radius 2 is 1.32 bits per heavy atom. The fraction of sp³-hybridized carbons (Fsp3) is 0.342. The average molecular weight is 794 g/mol. The van der Waals surface area contributed by atoms with Gasteiger partial charge in [0.1, 0.15) is 25.4 Å². The van der Waals surface area contributed by atoms with E-state index in [9.17, 15) is 28.5 Å². The third-order valence-electron chi connectivity index (χ3n) is 8.93. The standard InChI is InChI=1S/C38H40N3O14P/c1-48-35(43)29-18-11-20-41(29)56(47,51-24-28-16-9-4-10-17-28)52-25-30-32(54-37(45)49-22-26-12-5-2-6-13-26)33(34(53-30)40-21-19-31(42)39-36(40)44)55-38(46)50-23-27-14-7-3-8-15-27/h2-10,12-17,19,21,29-30,32-34H,11,18,20,22-25H2,1H3,(H,39,42,44)/t29-,30-,32?,33?,34-,56?/m1/s1. The van der Waals surface area contributed by atoms with E-state index in [0.29, 0.717) is 29.5 Å². The lowest BCUT2D eigenvalue weighted by atomic mass is 10.1. The van der Waals surface area contributed by atoms with Gasteiger partial charge in [0.2, 0.25) is 0 Å². The van der Waals surface area contributed by atoms with Crippen molar-refractivity contribution in [3.8, 4) is 0 Å². The molecular formula is C38H40N3O14P. The molecule has 0 bridgehead atoms. The Morgan fingerprint density at radius 3 is 1.88 bits per heavy atom. The average Bonchev–Trinajstić information content (AvgIpc) is 3.85. The molecule has 0 radical (unpaired) electrons. The van der Waals surface area contributed by atoms with Crippen LogP contribution in [0.1, 0.15) is 35.8 Å². The van der Waals surface area contributed by atoms with Gasteiger partial charge in [0.05, 0.1) is 20.3 Å². The minimum atomic E-state index is -4.39. The smallest absolute Gasteiger partial charge is 0.468 e. The maximum atomic E-state index is 14.8. The molecule has 0 amide bonds. The van der Waals surface area contributed by atoms with E-state index in [1.807, 2.05) is 0 Å². The number of methoxy groups -OCH3 is 1. The molecule has 1 N–H and O–H groups in total. The number of benzene rings is 3. The molecule has 2 fully saturated rings. The fourth-order valence-corrected chi connectivity index (χ4v) is 8.14. The number of aromatic amines is 1. The predicted octanol–water partition coefficient (Wildman–Crippen LogP) is 4.86. The molecule has 2 aliphatic heterocycles. The van der Waals surface area contributed by atoms with E-state index >= 15 is 0 Å². The van der Waals surface area contributed by atoms with Crippen LogP contribution in [0.2, 0.25) is 0 Å². The topological polar surface area (TPSA) is 200 Å². The SMILES string of the molecule is COC(=O)[C@H]1CCCN1P(=O)(OCc1ccccc1)OC[C@H]1O[C@@H](n2ccc(=O)[nH]c2=O)C(OC(=O)OCc2ccccc2)C1OC(=O)OCc1ccccc1. The van der Waals surface area contributed by atoms with Crippen LogP contribution in [-0.2, 0) is 66.6 Å². The molecule has 4 aromatic rings. The Kier molecular flexibility index (Phi) is 13.5. The molecule has 1 aromatic heterocycles. The van der Waals surface area contributed by atoms with Gasteiger partial charge in [-0.3, -0.25) is 28.2 Å². The van der Waals surface area contributed by atoms with Crippen LogP contribution in [0.15, 0.2) is 113 Å². The Labute approximate surface area is 320 Å². The molecule has 296 valence electrons. The molecule has 0 aliphatic carbocycles. The maximum absolute atomic E-state index is 14.8. The Bertz CT molecular complexity index is 2100. The number of rotatable bonds is 15. The minimum Gasteiger partial charge on any atom is -0.468 e. The van der Waals surface area contributed by atoms with Gasteiger partial charge in [0, 0.05) is 18.8 Å². The second-order valence-corrected chi connectivity index (χ2v) is 14.6. The van der Waals surface area contributed by atoms with Crippen molar-refractivity contribution < 1.29 is 56.4 Å². The molecule has 17 nitrogen and oxygen atoms in total. The number of aromatic nitrogens is 2. The van der Waals surface area contributed by atoms with Gasteiger partial charge < -0.3 is 28.4 Å². The van der Waals surface area contributed by atoms with Gasteiger partial charge in [-0.25, -0.2) is 18.9 Å². The van der Waals surface area contributed by atoms with Crippen molar-refractivity contribution in [2.45, 2.75) is 63.2 Å². The normalized spacial score (nSPS) is 21.8. The summed E-state index contributed by atoms with van der Waals surface area (Å²) in [4.78, 5) is 66.4. The van der Waals surface area contributed by atoms with Crippen molar-refractivity contribution in [1.82, 2.24) is 14.2 Å². The molecule has 2 aliphatic rings. The van der Waals surface area contributed by atoms with Crippen LogP contribution in [-0.4, -0.2) is 77.1 Å². The highest BCUT2D eigenvalue weighted by Crippen LogP contribution is 2.56. The number of hydrogen-bond acceptors (Lipinski definition) is 14. The largest absolute Gasteiger partial charge is 0.509 e. The van der Waals surface area contributed by atoms with E-state index in [0.717, 1.165) is 16.8 Å². The van der Waals surface area contributed by atoms with Crippen LogP contribution >= 0.6 is 7.75 Å². The number of nitrogens with one attached hydrogen (secondary N) is 1. The Morgan fingerprint density at radius 1 is 0.768 bits per heavy atom. The molecular weight excluding hydrogens is 753 g/mol. The van der Waals surface area contributed by atoms with Crippen LogP contribution in [0.3, 0.4) is 0 Å². The van der Waals surface area contributed by atoms with Gasteiger partial charge in [-0.15, -0.1) is 0 Å². The minimum absolute atomic E-state index is 0.150. The predicted molar refractivity (Wildman–Crippen MR) is 195 cm³/mol. The molecule has 56 heavy (non-hydrogen) atoms. The second-order valence-electron chi connectivity index (χ2n) is 12.7. The van der Waals surface area contributed by atoms with Crippen LogP contribution in [0, 0.1) is 0 Å². The zero-order valence-corrected chi connectivity index (χ0v) is 31.1. The monoisotopic (exact) mass is 793 g/mol. The van der Waals surface area contributed by atoms with E-state index < -0.39 is 74.5 Å². The van der Waals surface area contributed by atoms with Gasteiger partial charge in [-0.1, -0.05) is 91.0 Å². The van der Waals surface area contributed by atoms with Crippen molar-refractivity contribution >= 4 is 26.0 Å². The highest BCUT2D eigenvalue weighted by atomic mass is 31.2. The number of carbonyl (C=O) groups excluding carboxylic acids is 3. The highest BCUT2D eigenvalue weighted by Gasteiger charge is 2.53. The number of esters is 1. The third-order valence-corrected chi connectivity index (χ3v) is 11.0. The number of nitrogens with zero attached hydrogens (tertiary/aromatic N) is 2. The third kappa shape index (κ3) is 10.2.